The van der Waals surface area contributed by atoms with Gasteiger partial charge in [-0.2, -0.15) is 10.2 Å². The van der Waals surface area contributed by atoms with Gasteiger partial charge in [0.25, 0.3) is 5.91 Å². The number of carbonyl (C=O) groups excluding carboxylic acids is 1. The average Bonchev–Trinajstić information content (AvgIpc) is 2.58. The molecule has 22 heavy (non-hydrogen) atoms. The molecule has 1 spiro atoms. The van der Waals surface area contributed by atoms with Crippen molar-refractivity contribution in [3.8, 4) is 0 Å². The lowest BCUT2D eigenvalue weighted by atomic mass is 9.66. The van der Waals surface area contributed by atoms with Crippen molar-refractivity contribution < 1.29 is 14.3 Å². The van der Waals surface area contributed by atoms with Gasteiger partial charge in [-0.25, -0.2) is 0 Å². The monoisotopic (exact) mass is 305 g/mol. The molecular formula is C16H23N3O3. The molecule has 1 aromatic heterocycles. The molecule has 1 atom stereocenters. The minimum absolute atomic E-state index is 0.0556. The zero-order chi connectivity index (χ0) is 15.4. The van der Waals surface area contributed by atoms with E-state index in [1.54, 1.807) is 19.4 Å². The lowest BCUT2D eigenvalue weighted by Gasteiger charge is -2.48. The summed E-state index contributed by atoms with van der Waals surface area (Å²) in [4.78, 5) is 14.4. The molecule has 2 aliphatic heterocycles. The minimum Gasteiger partial charge on any atom is -0.384 e. The molecular weight excluding hydrogens is 282 g/mol. The lowest BCUT2D eigenvalue weighted by molar-refractivity contribution is -0.0912. The number of likely N-dealkylation sites (tertiary alicyclic amines) is 1. The van der Waals surface area contributed by atoms with Crippen LogP contribution in [0.15, 0.2) is 18.5 Å². The maximum absolute atomic E-state index is 12.5. The first-order valence-electron chi connectivity index (χ1n) is 7.88. The van der Waals surface area contributed by atoms with Gasteiger partial charge < -0.3 is 14.4 Å². The van der Waals surface area contributed by atoms with Crippen LogP contribution < -0.4 is 0 Å². The normalized spacial score (nSPS) is 24.4. The van der Waals surface area contributed by atoms with Crippen LogP contribution in [0, 0.1) is 11.3 Å². The van der Waals surface area contributed by atoms with Gasteiger partial charge in [-0.3, -0.25) is 4.79 Å². The van der Waals surface area contributed by atoms with Crippen LogP contribution in [0.2, 0.25) is 0 Å². The van der Waals surface area contributed by atoms with Crippen LogP contribution in [-0.4, -0.2) is 61.0 Å². The largest absolute Gasteiger partial charge is 0.384 e. The Balaban J connectivity index is 1.65. The SMILES string of the molecule is COCC1COCCC12CCN(C(=O)c1ccnnc1)CC2. The van der Waals surface area contributed by atoms with E-state index in [2.05, 4.69) is 10.2 Å². The molecule has 0 N–H and O–H groups in total. The highest BCUT2D eigenvalue weighted by Gasteiger charge is 2.44. The topological polar surface area (TPSA) is 64.6 Å². The molecule has 0 radical (unpaired) electrons. The Labute approximate surface area is 130 Å². The van der Waals surface area contributed by atoms with Crippen LogP contribution >= 0.6 is 0 Å². The third-order valence-electron chi connectivity index (χ3n) is 5.17. The fourth-order valence-electron chi connectivity index (χ4n) is 3.72. The Hall–Kier alpha value is -1.53. The van der Waals surface area contributed by atoms with Crippen LogP contribution in [0.3, 0.4) is 0 Å². The molecule has 120 valence electrons. The molecule has 2 saturated heterocycles. The molecule has 1 amide bonds. The molecule has 6 nitrogen and oxygen atoms in total. The number of methoxy groups -OCH3 is 1. The van der Waals surface area contributed by atoms with E-state index in [-0.39, 0.29) is 11.3 Å². The van der Waals surface area contributed by atoms with Crippen LogP contribution in [0.5, 0.6) is 0 Å². The average molecular weight is 305 g/mol. The molecule has 2 fully saturated rings. The number of aromatic nitrogens is 2. The van der Waals surface area contributed by atoms with E-state index in [4.69, 9.17) is 9.47 Å². The van der Waals surface area contributed by atoms with Crippen molar-refractivity contribution in [1.29, 1.82) is 0 Å². The van der Waals surface area contributed by atoms with Gasteiger partial charge in [-0.1, -0.05) is 0 Å². The second-order valence-electron chi connectivity index (χ2n) is 6.26. The van der Waals surface area contributed by atoms with Crippen molar-refractivity contribution in [2.24, 2.45) is 11.3 Å². The van der Waals surface area contributed by atoms with E-state index in [1.165, 1.54) is 6.20 Å². The summed E-state index contributed by atoms with van der Waals surface area (Å²) in [6.45, 7) is 3.92. The number of piperidine rings is 1. The van der Waals surface area contributed by atoms with Crippen LogP contribution in [0.25, 0.3) is 0 Å². The van der Waals surface area contributed by atoms with E-state index in [0.29, 0.717) is 11.5 Å². The summed E-state index contributed by atoms with van der Waals surface area (Å²) in [7, 11) is 1.75. The standard InChI is InChI=1S/C16H23N3O3/c1-21-11-14-12-22-9-5-16(14)3-7-19(8-4-16)15(20)13-2-6-17-18-10-13/h2,6,10,14H,3-5,7-9,11-12H2,1H3. The highest BCUT2D eigenvalue weighted by Crippen LogP contribution is 2.44. The third kappa shape index (κ3) is 2.98. The van der Waals surface area contributed by atoms with Crippen molar-refractivity contribution in [1.82, 2.24) is 15.1 Å². The van der Waals surface area contributed by atoms with Crippen molar-refractivity contribution in [2.75, 3.05) is 40.0 Å². The summed E-state index contributed by atoms with van der Waals surface area (Å²) in [6, 6.07) is 1.72. The number of hydrogen-bond acceptors (Lipinski definition) is 5. The van der Waals surface area contributed by atoms with Gasteiger partial charge in [0.05, 0.1) is 31.2 Å². The quantitative estimate of drug-likeness (QED) is 0.844. The van der Waals surface area contributed by atoms with Gasteiger partial charge in [0, 0.05) is 32.7 Å². The maximum Gasteiger partial charge on any atom is 0.255 e. The summed E-state index contributed by atoms with van der Waals surface area (Å²) < 4.78 is 11.0. The summed E-state index contributed by atoms with van der Waals surface area (Å²) in [6.07, 6.45) is 6.21. The van der Waals surface area contributed by atoms with E-state index in [0.717, 1.165) is 52.2 Å². The molecule has 0 saturated carbocycles. The predicted molar refractivity (Wildman–Crippen MR) is 80.4 cm³/mol. The highest BCUT2D eigenvalue weighted by molar-refractivity contribution is 5.93. The first-order chi connectivity index (χ1) is 10.7. The fourth-order valence-corrected chi connectivity index (χ4v) is 3.72. The van der Waals surface area contributed by atoms with E-state index in [1.807, 2.05) is 4.90 Å². The number of rotatable bonds is 3. The Bertz CT molecular complexity index is 499. The number of carbonyl (C=O) groups is 1. The van der Waals surface area contributed by atoms with E-state index in [9.17, 15) is 4.79 Å². The van der Waals surface area contributed by atoms with Gasteiger partial charge in [0.15, 0.2) is 0 Å². The van der Waals surface area contributed by atoms with Gasteiger partial charge in [0.1, 0.15) is 0 Å². The van der Waals surface area contributed by atoms with Gasteiger partial charge in [0.2, 0.25) is 0 Å². The van der Waals surface area contributed by atoms with Crippen LogP contribution in [0.4, 0.5) is 0 Å². The molecule has 1 aromatic rings. The molecule has 3 heterocycles. The van der Waals surface area contributed by atoms with Crippen molar-refractivity contribution in [2.45, 2.75) is 19.3 Å². The maximum atomic E-state index is 12.5. The van der Waals surface area contributed by atoms with Gasteiger partial charge in [-0.05, 0) is 30.7 Å². The zero-order valence-electron chi connectivity index (χ0n) is 13.0. The molecule has 1 unspecified atom stereocenters. The molecule has 0 bridgehead atoms. The predicted octanol–water partition coefficient (Wildman–Crippen LogP) is 1.38. The molecule has 0 aromatic carbocycles. The zero-order valence-corrected chi connectivity index (χ0v) is 13.0. The molecule has 6 heteroatoms. The van der Waals surface area contributed by atoms with Crippen molar-refractivity contribution >= 4 is 5.91 Å². The number of hydrogen-bond donors (Lipinski definition) is 0. The fraction of sp³-hybridized carbons (Fsp3) is 0.688. The first-order valence-corrected chi connectivity index (χ1v) is 7.88. The minimum atomic E-state index is 0.0556. The highest BCUT2D eigenvalue weighted by atomic mass is 16.5. The van der Waals surface area contributed by atoms with E-state index < -0.39 is 0 Å². The van der Waals surface area contributed by atoms with Crippen molar-refractivity contribution in [3.63, 3.8) is 0 Å². The Kier molecular flexibility index (Phi) is 4.69. The Morgan fingerprint density at radius 1 is 1.41 bits per heavy atom. The summed E-state index contributed by atoms with van der Waals surface area (Å²) in [5, 5.41) is 7.51. The summed E-state index contributed by atoms with van der Waals surface area (Å²) in [5.41, 5.74) is 0.882. The molecule has 2 aliphatic rings. The van der Waals surface area contributed by atoms with Crippen LogP contribution in [0.1, 0.15) is 29.6 Å². The number of nitrogens with zero attached hydrogens (tertiary/aromatic N) is 3. The van der Waals surface area contributed by atoms with Gasteiger partial charge >= 0.3 is 0 Å². The molecule has 0 aliphatic carbocycles. The molecule has 3 rings (SSSR count). The van der Waals surface area contributed by atoms with Gasteiger partial charge in [-0.15, -0.1) is 0 Å². The second-order valence-corrected chi connectivity index (χ2v) is 6.26. The summed E-state index contributed by atoms with van der Waals surface area (Å²) in [5.74, 6) is 0.492. The Morgan fingerprint density at radius 3 is 2.91 bits per heavy atom. The second kappa shape index (κ2) is 6.71. The first kappa shape index (κ1) is 15.4. The Morgan fingerprint density at radius 2 is 2.23 bits per heavy atom. The summed E-state index contributed by atoms with van der Waals surface area (Å²) >= 11 is 0. The number of ether oxygens (including phenoxy) is 2. The van der Waals surface area contributed by atoms with E-state index >= 15 is 0 Å². The third-order valence-corrected chi connectivity index (χ3v) is 5.17. The van der Waals surface area contributed by atoms with Crippen molar-refractivity contribution in [3.05, 3.63) is 24.0 Å². The lowest BCUT2D eigenvalue weighted by Crippen LogP contribution is -2.50. The smallest absolute Gasteiger partial charge is 0.255 e. The van der Waals surface area contributed by atoms with Crippen LogP contribution in [-0.2, 0) is 9.47 Å². The number of amides is 1.